The minimum atomic E-state index is 0.332. The summed E-state index contributed by atoms with van der Waals surface area (Å²) in [6.45, 7) is 3.99. The van der Waals surface area contributed by atoms with Crippen LogP contribution in [-0.2, 0) is 11.2 Å². The largest absolute Gasteiger partial charge is 0.380 e. The van der Waals surface area contributed by atoms with Crippen LogP contribution in [0.25, 0.3) is 0 Å². The molecule has 0 N–H and O–H groups in total. The van der Waals surface area contributed by atoms with Gasteiger partial charge in [-0.25, -0.2) is 9.97 Å². The highest BCUT2D eigenvalue weighted by molar-refractivity contribution is 9.10. The maximum atomic E-state index is 5.35. The lowest BCUT2D eigenvalue weighted by atomic mass is 10.3. The Bertz CT molecular complexity index is 372. The number of rotatable bonds is 3. The molecule has 88 valence electrons. The Morgan fingerprint density at radius 1 is 1.56 bits per heavy atom. The number of hydrogen-bond donors (Lipinski definition) is 0. The van der Waals surface area contributed by atoms with E-state index in [2.05, 4.69) is 37.7 Å². The third kappa shape index (κ3) is 2.52. The Morgan fingerprint density at radius 2 is 2.38 bits per heavy atom. The monoisotopic (exact) mass is 285 g/mol. The van der Waals surface area contributed by atoms with Gasteiger partial charge in [0.25, 0.3) is 0 Å². The molecular weight excluding hydrogens is 270 g/mol. The number of aromatic nitrogens is 2. The number of ether oxygens (including phenoxy) is 1. The van der Waals surface area contributed by atoms with E-state index in [1.165, 1.54) is 0 Å². The van der Waals surface area contributed by atoms with Crippen molar-refractivity contribution in [2.75, 3.05) is 25.1 Å². The van der Waals surface area contributed by atoms with Crippen molar-refractivity contribution >= 4 is 21.7 Å². The van der Waals surface area contributed by atoms with Gasteiger partial charge in [-0.3, -0.25) is 0 Å². The lowest BCUT2D eigenvalue weighted by Gasteiger charge is -2.17. The summed E-state index contributed by atoms with van der Waals surface area (Å²) in [7, 11) is 1.77. The summed E-state index contributed by atoms with van der Waals surface area (Å²) in [6.07, 6.45) is 2.26. The van der Waals surface area contributed by atoms with Crippen LogP contribution in [0.5, 0.6) is 0 Å². The second-order valence-electron chi connectivity index (χ2n) is 3.91. The maximum absolute atomic E-state index is 5.35. The Hall–Kier alpha value is -0.680. The summed E-state index contributed by atoms with van der Waals surface area (Å²) < 4.78 is 6.21. The van der Waals surface area contributed by atoms with E-state index < -0.39 is 0 Å². The van der Waals surface area contributed by atoms with Crippen molar-refractivity contribution in [1.29, 1.82) is 0 Å². The molecule has 1 saturated heterocycles. The van der Waals surface area contributed by atoms with Crippen molar-refractivity contribution in [2.24, 2.45) is 0 Å². The fraction of sp³-hybridized carbons (Fsp3) is 0.636. The minimum absolute atomic E-state index is 0.332. The number of anilines is 1. The molecule has 1 aliphatic heterocycles. The van der Waals surface area contributed by atoms with Crippen molar-refractivity contribution in [3.8, 4) is 0 Å². The van der Waals surface area contributed by atoms with E-state index in [-0.39, 0.29) is 0 Å². The number of methoxy groups -OCH3 is 1. The summed E-state index contributed by atoms with van der Waals surface area (Å²) in [5, 5.41) is 0. The molecule has 16 heavy (non-hydrogen) atoms. The number of aryl methyl sites for hydroxylation is 1. The van der Waals surface area contributed by atoms with Crippen LogP contribution in [0.2, 0.25) is 0 Å². The van der Waals surface area contributed by atoms with Gasteiger partial charge in [-0.15, -0.1) is 0 Å². The Labute approximate surface area is 104 Å². The topological polar surface area (TPSA) is 38.2 Å². The van der Waals surface area contributed by atoms with E-state index >= 15 is 0 Å². The minimum Gasteiger partial charge on any atom is -0.380 e. The first-order chi connectivity index (χ1) is 7.72. The predicted molar refractivity (Wildman–Crippen MR) is 66.7 cm³/mol. The first-order valence-electron chi connectivity index (χ1n) is 5.54. The molecule has 1 aromatic rings. The van der Waals surface area contributed by atoms with Crippen LogP contribution in [0, 0.1) is 0 Å². The molecule has 0 saturated carbocycles. The second kappa shape index (κ2) is 5.10. The molecule has 0 aliphatic carbocycles. The molecule has 1 atom stereocenters. The van der Waals surface area contributed by atoms with E-state index in [4.69, 9.17) is 4.74 Å². The Balaban J connectivity index is 2.17. The van der Waals surface area contributed by atoms with Gasteiger partial charge in [0.15, 0.2) is 0 Å². The quantitative estimate of drug-likeness (QED) is 0.797. The van der Waals surface area contributed by atoms with Crippen LogP contribution in [-0.4, -0.2) is 36.3 Å². The number of nitrogens with zero attached hydrogens (tertiary/aromatic N) is 3. The number of halogens is 1. The standard InChI is InChI=1S/C11H16BrN3O/c1-3-10-13-9(12)6-11(14-10)15-5-4-8(7-15)16-2/h6,8H,3-5,7H2,1-2H3. The van der Waals surface area contributed by atoms with Crippen molar-refractivity contribution in [2.45, 2.75) is 25.9 Å². The molecule has 0 aromatic carbocycles. The molecule has 0 spiro atoms. The van der Waals surface area contributed by atoms with Crippen LogP contribution >= 0.6 is 15.9 Å². The van der Waals surface area contributed by atoms with Gasteiger partial charge < -0.3 is 9.64 Å². The lowest BCUT2D eigenvalue weighted by molar-refractivity contribution is 0.121. The van der Waals surface area contributed by atoms with Gasteiger partial charge in [0.2, 0.25) is 0 Å². The number of hydrogen-bond acceptors (Lipinski definition) is 4. The first-order valence-corrected chi connectivity index (χ1v) is 6.33. The van der Waals surface area contributed by atoms with Gasteiger partial charge in [0.1, 0.15) is 16.2 Å². The van der Waals surface area contributed by atoms with E-state index in [1.54, 1.807) is 7.11 Å². The van der Waals surface area contributed by atoms with Gasteiger partial charge in [0, 0.05) is 32.7 Å². The summed E-state index contributed by atoms with van der Waals surface area (Å²) in [5.41, 5.74) is 0. The summed E-state index contributed by atoms with van der Waals surface area (Å²) in [4.78, 5) is 11.1. The van der Waals surface area contributed by atoms with Crippen molar-refractivity contribution < 1.29 is 4.74 Å². The Morgan fingerprint density at radius 3 is 3.00 bits per heavy atom. The normalized spacial score (nSPS) is 20.4. The molecule has 0 amide bonds. The molecule has 5 heteroatoms. The smallest absolute Gasteiger partial charge is 0.133 e. The summed E-state index contributed by atoms with van der Waals surface area (Å²) in [6, 6.07) is 1.97. The molecule has 1 unspecified atom stereocenters. The van der Waals surface area contributed by atoms with E-state index in [0.717, 1.165) is 42.2 Å². The van der Waals surface area contributed by atoms with Crippen molar-refractivity contribution in [3.63, 3.8) is 0 Å². The molecular formula is C11H16BrN3O. The van der Waals surface area contributed by atoms with Crippen LogP contribution in [0.3, 0.4) is 0 Å². The van der Waals surface area contributed by atoms with E-state index in [1.807, 2.05) is 6.07 Å². The maximum Gasteiger partial charge on any atom is 0.133 e. The highest BCUT2D eigenvalue weighted by Crippen LogP contribution is 2.22. The zero-order chi connectivity index (χ0) is 11.5. The highest BCUT2D eigenvalue weighted by atomic mass is 79.9. The zero-order valence-corrected chi connectivity index (χ0v) is 11.2. The average Bonchev–Trinajstić information content (AvgIpc) is 2.76. The van der Waals surface area contributed by atoms with Gasteiger partial charge >= 0.3 is 0 Å². The fourth-order valence-corrected chi connectivity index (χ4v) is 2.31. The van der Waals surface area contributed by atoms with Crippen molar-refractivity contribution in [3.05, 3.63) is 16.5 Å². The van der Waals surface area contributed by atoms with E-state index in [0.29, 0.717) is 6.10 Å². The van der Waals surface area contributed by atoms with Crippen LogP contribution in [0.4, 0.5) is 5.82 Å². The molecule has 0 bridgehead atoms. The van der Waals surface area contributed by atoms with Gasteiger partial charge in [0.05, 0.1) is 6.10 Å². The molecule has 2 heterocycles. The van der Waals surface area contributed by atoms with Crippen LogP contribution in [0.1, 0.15) is 19.2 Å². The third-order valence-corrected chi connectivity index (χ3v) is 3.25. The SMILES string of the molecule is CCc1nc(Br)cc(N2CCC(OC)C2)n1. The predicted octanol–water partition coefficient (Wildman–Crippen LogP) is 2.03. The second-order valence-corrected chi connectivity index (χ2v) is 4.72. The third-order valence-electron chi connectivity index (χ3n) is 2.85. The molecule has 1 fully saturated rings. The first kappa shape index (κ1) is 11.8. The summed E-state index contributed by atoms with van der Waals surface area (Å²) >= 11 is 3.42. The lowest BCUT2D eigenvalue weighted by Crippen LogP contribution is -2.23. The van der Waals surface area contributed by atoms with Gasteiger partial charge in [-0.05, 0) is 22.4 Å². The molecule has 0 radical (unpaired) electrons. The molecule has 1 aromatic heterocycles. The van der Waals surface area contributed by atoms with E-state index in [9.17, 15) is 0 Å². The Kier molecular flexibility index (Phi) is 3.76. The zero-order valence-electron chi connectivity index (χ0n) is 9.61. The molecule has 4 nitrogen and oxygen atoms in total. The highest BCUT2D eigenvalue weighted by Gasteiger charge is 2.23. The van der Waals surface area contributed by atoms with Gasteiger partial charge in [-0.1, -0.05) is 6.92 Å². The molecule has 2 rings (SSSR count). The van der Waals surface area contributed by atoms with Gasteiger partial charge in [-0.2, -0.15) is 0 Å². The molecule has 1 aliphatic rings. The van der Waals surface area contributed by atoms with Crippen LogP contribution < -0.4 is 4.90 Å². The average molecular weight is 286 g/mol. The summed E-state index contributed by atoms with van der Waals surface area (Å²) in [5.74, 6) is 1.88. The van der Waals surface area contributed by atoms with Crippen molar-refractivity contribution in [1.82, 2.24) is 9.97 Å². The fourth-order valence-electron chi connectivity index (χ4n) is 1.90. The van der Waals surface area contributed by atoms with Crippen LogP contribution in [0.15, 0.2) is 10.7 Å².